The average molecular weight is 229 g/mol. The van der Waals surface area contributed by atoms with Gasteiger partial charge in [0.05, 0.1) is 6.10 Å². The molecule has 1 aromatic rings. The van der Waals surface area contributed by atoms with Gasteiger partial charge in [-0.3, -0.25) is 5.43 Å². The van der Waals surface area contributed by atoms with E-state index in [4.69, 9.17) is 10.6 Å². The van der Waals surface area contributed by atoms with Crippen LogP contribution in [0.1, 0.15) is 20.8 Å². The zero-order valence-electron chi connectivity index (χ0n) is 9.02. The molecule has 0 radical (unpaired) electrons. The SMILES string of the molecule is CCSc1nc(NN)nc(OC(C)C)n1. The van der Waals surface area contributed by atoms with Crippen molar-refractivity contribution >= 4 is 17.7 Å². The molecule has 6 nitrogen and oxygen atoms in total. The maximum absolute atomic E-state index is 5.37. The van der Waals surface area contributed by atoms with E-state index in [2.05, 4.69) is 20.4 Å². The number of nitrogens with zero attached hydrogens (tertiary/aromatic N) is 3. The molecule has 0 amide bonds. The molecule has 0 unspecified atom stereocenters. The molecule has 7 heteroatoms. The van der Waals surface area contributed by atoms with Gasteiger partial charge < -0.3 is 4.74 Å². The summed E-state index contributed by atoms with van der Waals surface area (Å²) in [5.74, 6) is 6.45. The van der Waals surface area contributed by atoms with Crippen molar-refractivity contribution in [3.63, 3.8) is 0 Å². The van der Waals surface area contributed by atoms with Crippen LogP contribution in [0.25, 0.3) is 0 Å². The summed E-state index contributed by atoms with van der Waals surface area (Å²) in [5.41, 5.74) is 2.38. The summed E-state index contributed by atoms with van der Waals surface area (Å²) in [6.45, 7) is 5.84. The molecular weight excluding hydrogens is 214 g/mol. The lowest BCUT2D eigenvalue weighted by atomic mass is 10.5. The fourth-order valence-electron chi connectivity index (χ4n) is 0.860. The smallest absolute Gasteiger partial charge is 0.322 e. The first-order valence-corrected chi connectivity index (χ1v) is 5.66. The zero-order chi connectivity index (χ0) is 11.3. The van der Waals surface area contributed by atoms with Crippen LogP contribution in [0.2, 0.25) is 0 Å². The standard InChI is InChI=1S/C8H15N5OS/c1-4-15-8-11-6(13-9)10-7(12-8)14-5(2)3/h5H,4,9H2,1-3H3,(H,10,11,12,13). The van der Waals surface area contributed by atoms with E-state index in [0.29, 0.717) is 17.1 Å². The molecule has 1 rings (SSSR count). The van der Waals surface area contributed by atoms with Crippen molar-refractivity contribution in [3.05, 3.63) is 0 Å². The highest BCUT2D eigenvalue weighted by Crippen LogP contribution is 2.17. The molecule has 0 bridgehead atoms. The fraction of sp³-hybridized carbons (Fsp3) is 0.625. The minimum Gasteiger partial charge on any atom is -0.461 e. The van der Waals surface area contributed by atoms with Crippen molar-refractivity contribution in [3.8, 4) is 6.01 Å². The zero-order valence-corrected chi connectivity index (χ0v) is 9.84. The Bertz CT molecular complexity index is 320. The largest absolute Gasteiger partial charge is 0.461 e. The van der Waals surface area contributed by atoms with E-state index in [-0.39, 0.29) is 6.10 Å². The molecule has 0 aromatic carbocycles. The quantitative estimate of drug-likeness (QED) is 0.443. The highest BCUT2D eigenvalue weighted by Gasteiger charge is 2.07. The number of hydrogen-bond donors (Lipinski definition) is 2. The second kappa shape index (κ2) is 5.72. The van der Waals surface area contributed by atoms with Crippen LogP contribution in [0.15, 0.2) is 5.16 Å². The van der Waals surface area contributed by atoms with Gasteiger partial charge in [0.15, 0.2) is 5.16 Å². The van der Waals surface area contributed by atoms with Crippen molar-refractivity contribution in [2.24, 2.45) is 5.84 Å². The van der Waals surface area contributed by atoms with Gasteiger partial charge in [-0.1, -0.05) is 18.7 Å². The number of thioether (sulfide) groups is 1. The predicted molar refractivity (Wildman–Crippen MR) is 59.8 cm³/mol. The second-order valence-corrected chi connectivity index (χ2v) is 4.20. The third-order valence-electron chi connectivity index (χ3n) is 1.34. The molecule has 0 saturated heterocycles. The van der Waals surface area contributed by atoms with Gasteiger partial charge in [0.2, 0.25) is 5.95 Å². The third kappa shape index (κ3) is 3.88. The first-order valence-electron chi connectivity index (χ1n) is 4.67. The van der Waals surface area contributed by atoms with Crippen LogP contribution in [0.4, 0.5) is 5.95 Å². The van der Waals surface area contributed by atoms with Gasteiger partial charge >= 0.3 is 6.01 Å². The summed E-state index contributed by atoms with van der Waals surface area (Å²) in [6, 6.07) is 0.295. The van der Waals surface area contributed by atoms with Crippen molar-refractivity contribution in [1.82, 2.24) is 15.0 Å². The van der Waals surface area contributed by atoms with Gasteiger partial charge in [-0.15, -0.1) is 0 Å². The molecule has 0 saturated carbocycles. The van der Waals surface area contributed by atoms with Crippen LogP contribution in [0.3, 0.4) is 0 Å². The third-order valence-corrected chi connectivity index (χ3v) is 2.07. The summed E-state index contributed by atoms with van der Waals surface area (Å²) in [7, 11) is 0. The van der Waals surface area contributed by atoms with E-state index in [0.717, 1.165) is 5.75 Å². The molecular formula is C8H15N5OS. The first kappa shape index (κ1) is 12.0. The van der Waals surface area contributed by atoms with Crippen molar-refractivity contribution in [2.45, 2.75) is 32.0 Å². The van der Waals surface area contributed by atoms with Crippen molar-refractivity contribution in [2.75, 3.05) is 11.2 Å². The monoisotopic (exact) mass is 229 g/mol. The van der Waals surface area contributed by atoms with Gasteiger partial charge in [0.1, 0.15) is 0 Å². The lowest BCUT2D eigenvalue weighted by Gasteiger charge is -2.09. The predicted octanol–water partition coefficient (Wildman–Crippen LogP) is 1.06. The molecule has 1 aromatic heterocycles. The highest BCUT2D eigenvalue weighted by molar-refractivity contribution is 7.99. The highest BCUT2D eigenvalue weighted by atomic mass is 32.2. The molecule has 0 fully saturated rings. The summed E-state index contributed by atoms with van der Waals surface area (Å²) >= 11 is 1.51. The molecule has 15 heavy (non-hydrogen) atoms. The maximum Gasteiger partial charge on any atom is 0.322 e. The van der Waals surface area contributed by atoms with E-state index in [1.807, 2.05) is 20.8 Å². The number of ether oxygens (including phenoxy) is 1. The summed E-state index contributed by atoms with van der Waals surface area (Å²) in [4.78, 5) is 12.2. The second-order valence-electron chi connectivity index (χ2n) is 2.97. The maximum atomic E-state index is 5.37. The average Bonchev–Trinajstić information content (AvgIpc) is 2.16. The van der Waals surface area contributed by atoms with Crippen LogP contribution < -0.4 is 16.0 Å². The minimum absolute atomic E-state index is 0.0255. The summed E-state index contributed by atoms with van der Waals surface area (Å²) in [5, 5.41) is 0.607. The Kier molecular flexibility index (Phi) is 4.57. The van der Waals surface area contributed by atoms with E-state index >= 15 is 0 Å². The number of hydrogen-bond acceptors (Lipinski definition) is 7. The van der Waals surface area contributed by atoms with Crippen molar-refractivity contribution in [1.29, 1.82) is 0 Å². The Balaban J connectivity index is 2.89. The van der Waals surface area contributed by atoms with Crippen LogP contribution in [-0.4, -0.2) is 26.8 Å². The van der Waals surface area contributed by atoms with Gasteiger partial charge in [-0.25, -0.2) is 5.84 Å². The minimum atomic E-state index is 0.0255. The lowest BCUT2D eigenvalue weighted by Crippen LogP contribution is -2.15. The lowest BCUT2D eigenvalue weighted by molar-refractivity contribution is 0.219. The molecule has 0 atom stereocenters. The number of nitrogens with one attached hydrogen (secondary N) is 1. The Labute approximate surface area is 93.0 Å². The number of hydrazine groups is 1. The Hall–Kier alpha value is -1.08. The first-order chi connectivity index (χ1) is 7.15. The number of aromatic nitrogens is 3. The molecule has 0 aliphatic rings. The van der Waals surface area contributed by atoms with Crippen molar-refractivity contribution < 1.29 is 4.74 Å². The number of rotatable bonds is 5. The van der Waals surface area contributed by atoms with Gasteiger partial charge in [0.25, 0.3) is 0 Å². The Morgan fingerprint density at radius 2 is 2.13 bits per heavy atom. The van der Waals surface area contributed by atoms with Gasteiger partial charge in [-0.2, -0.15) is 15.0 Å². The Morgan fingerprint density at radius 3 is 2.67 bits per heavy atom. The van der Waals surface area contributed by atoms with Crippen LogP contribution in [0.5, 0.6) is 6.01 Å². The van der Waals surface area contributed by atoms with Crippen LogP contribution in [0, 0.1) is 0 Å². The van der Waals surface area contributed by atoms with E-state index in [1.165, 1.54) is 11.8 Å². The summed E-state index contributed by atoms with van der Waals surface area (Å²) < 4.78 is 5.37. The van der Waals surface area contributed by atoms with Gasteiger partial charge in [-0.05, 0) is 19.6 Å². The fourth-order valence-corrected chi connectivity index (χ4v) is 1.41. The van der Waals surface area contributed by atoms with E-state index in [1.54, 1.807) is 0 Å². The summed E-state index contributed by atoms with van der Waals surface area (Å²) in [6.07, 6.45) is 0.0255. The molecule has 3 N–H and O–H groups in total. The molecule has 1 heterocycles. The Morgan fingerprint density at radius 1 is 1.40 bits per heavy atom. The van der Waals surface area contributed by atoms with Gasteiger partial charge in [0, 0.05) is 0 Å². The molecule has 0 aliphatic heterocycles. The van der Waals surface area contributed by atoms with E-state index in [9.17, 15) is 0 Å². The number of anilines is 1. The molecule has 84 valence electrons. The number of nitrogens with two attached hydrogens (primary N) is 1. The number of nitrogen functional groups attached to an aromatic ring is 1. The topological polar surface area (TPSA) is 86.0 Å². The normalized spacial score (nSPS) is 10.5. The van der Waals surface area contributed by atoms with Crippen LogP contribution in [-0.2, 0) is 0 Å². The molecule has 0 spiro atoms. The molecule has 0 aliphatic carbocycles. The van der Waals surface area contributed by atoms with E-state index < -0.39 is 0 Å². The van der Waals surface area contributed by atoms with Crippen LogP contribution >= 0.6 is 11.8 Å².